The fraction of sp³-hybridized carbons (Fsp3) is 0.500. The predicted octanol–water partition coefficient (Wildman–Crippen LogP) is 2.65. The van der Waals surface area contributed by atoms with E-state index in [9.17, 15) is 4.79 Å². The summed E-state index contributed by atoms with van der Waals surface area (Å²) < 4.78 is 0. The van der Waals surface area contributed by atoms with Crippen molar-refractivity contribution in [1.82, 2.24) is 0 Å². The highest BCUT2D eigenvalue weighted by molar-refractivity contribution is 5.76. The van der Waals surface area contributed by atoms with E-state index in [-0.39, 0.29) is 17.2 Å². The summed E-state index contributed by atoms with van der Waals surface area (Å²) >= 11 is 0. The molecule has 1 rings (SSSR count). The third-order valence-electron chi connectivity index (χ3n) is 2.85. The number of amides is 1. The van der Waals surface area contributed by atoms with Crippen molar-refractivity contribution in [3.05, 3.63) is 35.4 Å². The highest BCUT2D eigenvalue weighted by atomic mass is 16.1. The Bertz CT molecular complexity index is 359. The zero-order chi connectivity index (χ0) is 12.3. The molecule has 0 radical (unpaired) electrons. The molecular weight excluding hydrogens is 198 g/mol. The molecule has 0 aliphatic heterocycles. The van der Waals surface area contributed by atoms with Crippen LogP contribution in [0.3, 0.4) is 0 Å². The van der Waals surface area contributed by atoms with Crippen LogP contribution < -0.4 is 5.73 Å². The van der Waals surface area contributed by atoms with Crippen LogP contribution in [0.1, 0.15) is 38.8 Å². The quantitative estimate of drug-likeness (QED) is 0.834. The van der Waals surface area contributed by atoms with Gasteiger partial charge in [0.25, 0.3) is 0 Å². The van der Waals surface area contributed by atoms with Crippen molar-refractivity contribution in [2.45, 2.75) is 39.5 Å². The lowest BCUT2D eigenvalue weighted by Crippen LogP contribution is -2.22. The molecule has 2 heteroatoms. The first kappa shape index (κ1) is 12.8. The van der Waals surface area contributed by atoms with Gasteiger partial charge in [-0.15, -0.1) is 0 Å². The van der Waals surface area contributed by atoms with Gasteiger partial charge in [0.1, 0.15) is 0 Å². The van der Waals surface area contributed by atoms with E-state index in [1.165, 1.54) is 11.1 Å². The van der Waals surface area contributed by atoms with Gasteiger partial charge in [0.2, 0.25) is 5.91 Å². The van der Waals surface area contributed by atoms with Crippen LogP contribution in [0.5, 0.6) is 0 Å². The van der Waals surface area contributed by atoms with Crippen LogP contribution in [-0.4, -0.2) is 5.91 Å². The fourth-order valence-electron chi connectivity index (χ4n) is 1.59. The van der Waals surface area contributed by atoms with Gasteiger partial charge in [0.15, 0.2) is 0 Å². The molecule has 2 nitrogen and oxygen atoms in total. The van der Waals surface area contributed by atoms with Gasteiger partial charge >= 0.3 is 0 Å². The Morgan fingerprint density at radius 3 is 2.12 bits per heavy atom. The van der Waals surface area contributed by atoms with Gasteiger partial charge < -0.3 is 5.73 Å². The Morgan fingerprint density at radius 1 is 1.25 bits per heavy atom. The molecule has 0 bridgehead atoms. The van der Waals surface area contributed by atoms with Crippen LogP contribution in [0.25, 0.3) is 0 Å². The Hall–Kier alpha value is -1.31. The lowest BCUT2D eigenvalue weighted by molar-refractivity contribution is -0.121. The molecule has 1 atom stereocenters. The first-order chi connectivity index (χ1) is 7.30. The minimum Gasteiger partial charge on any atom is -0.369 e. The van der Waals surface area contributed by atoms with Gasteiger partial charge in [0, 0.05) is 5.92 Å². The van der Waals surface area contributed by atoms with Crippen LogP contribution in [-0.2, 0) is 16.6 Å². The molecule has 0 saturated heterocycles. The van der Waals surface area contributed by atoms with E-state index in [2.05, 4.69) is 45.0 Å². The molecule has 1 aromatic carbocycles. The monoisotopic (exact) mass is 219 g/mol. The number of carbonyl (C=O) groups excluding carboxylic acids is 1. The summed E-state index contributed by atoms with van der Waals surface area (Å²) in [5.74, 6) is -0.333. The summed E-state index contributed by atoms with van der Waals surface area (Å²) in [6.45, 7) is 8.43. The molecule has 1 aromatic rings. The largest absolute Gasteiger partial charge is 0.369 e. The zero-order valence-corrected chi connectivity index (χ0v) is 10.6. The number of benzene rings is 1. The SMILES string of the molecule is CC(Cc1ccc(C(C)(C)C)cc1)C(N)=O. The second kappa shape index (κ2) is 4.69. The molecule has 0 saturated carbocycles. The second-order valence-corrected chi connectivity index (χ2v) is 5.45. The average molecular weight is 219 g/mol. The molecule has 2 N–H and O–H groups in total. The van der Waals surface area contributed by atoms with Crippen LogP contribution >= 0.6 is 0 Å². The highest BCUT2D eigenvalue weighted by Gasteiger charge is 2.14. The van der Waals surface area contributed by atoms with Crippen molar-refractivity contribution < 1.29 is 4.79 Å². The van der Waals surface area contributed by atoms with Gasteiger partial charge in [-0.25, -0.2) is 0 Å². The second-order valence-electron chi connectivity index (χ2n) is 5.45. The van der Waals surface area contributed by atoms with E-state index in [1.54, 1.807) is 0 Å². The van der Waals surface area contributed by atoms with Crippen molar-refractivity contribution >= 4 is 5.91 Å². The van der Waals surface area contributed by atoms with E-state index < -0.39 is 0 Å². The molecule has 0 fully saturated rings. The van der Waals surface area contributed by atoms with Crippen molar-refractivity contribution in [1.29, 1.82) is 0 Å². The number of carbonyl (C=O) groups is 1. The minimum absolute atomic E-state index is 0.0968. The van der Waals surface area contributed by atoms with Crippen molar-refractivity contribution in [2.75, 3.05) is 0 Å². The first-order valence-corrected chi connectivity index (χ1v) is 5.69. The Balaban J connectivity index is 2.76. The maximum atomic E-state index is 11.0. The van der Waals surface area contributed by atoms with Gasteiger partial charge in [-0.3, -0.25) is 4.79 Å². The maximum Gasteiger partial charge on any atom is 0.220 e. The average Bonchev–Trinajstić information content (AvgIpc) is 2.17. The molecule has 0 spiro atoms. The molecule has 1 unspecified atom stereocenters. The fourth-order valence-corrected chi connectivity index (χ4v) is 1.59. The van der Waals surface area contributed by atoms with Crippen LogP contribution in [0.4, 0.5) is 0 Å². The Morgan fingerprint density at radius 2 is 1.75 bits per heavy atom. The molecule has 0 heterocycles. The molecule has 16 heavy (non-hydrogen) atoms. The molecular formula is C14H21NO. The van der Waals surface area contributed by atoms with Crippen molar-refractivity contribution in [2.24, 2.45) is 11.7 Å². The van der Waals surface area contributed by atoms with Crippen molar-refractivity contribution in [3.8, 4) is 0 Å². The Labute approximate surface area is 97.9 Å². The Kier molecular flexibility index (Phi) is 3.74. The van der Waals surface area contributed by atoms with E-state index in [0.717, 1.165) is 6.42 Å². The lowest BCUT2D eigenvalue weighted by atomic mass is 9.86. The van der Waals surface area contributed by atoms with Crippen LogP contribution in [0, 0.1) is 5.92 Å². The summed E-state index contributed by atoms with van der Waals surface area (Å²) in [4.78, 5) is 11.0. The maximum absolute atomic E-state index is 11.0. The third kappa shape index (κ3) is 3.37. The summed E-state index contributed by atoms with van der Waals surface area (Å²) in [6.07, 6.45) is 0.722. The molecule has 0 aliphatic rings. The number of rotatable bonds is 3. The lowest BCUT2D eigenvalue weighted by Gasteiger charge is -2.19. The number of hydrogen-bond donors (Lipinski definition) is 1. The zero-order valence-electron chi connectivity index (χ0n) is 10.6. The van der Waals surface area contributed by atoms with E-state index >= 15 is 0 Å². The number of primary amides is 1. The number of hydrogen-bond acceptors (Lipinski definition) is 1. The van der Waals surface area contributed by atoms with Gasteiger partial charge in [-0.2, -0.15) is 0 Å². The molecule has 0 aromatic heterocycles. The third-order valence-corrected chi connectivity index (χ3v) is 2.85. The van der Waals surface area contributed by atoms with Crippen LogP contribution in [0.2, 0.25) is 0 Å². The first-order valence-electron chi connectivity index (χ1n) is 5.69. The highest BCUT2D eigenvalue weighted by Crippen LogP contribution is 2.22. The molecule has 88 valence electrons. The van der Waals surface area contributed by atoms with E-state index in [1.807, 2.05) is 6.92 Å². The summed E-state index contributed by atoms with van der Waals surface area (Å²) in [6, 6.07) is 8.42. The summed E-state index contributed by atoms with van der Waals surface area (Å²) in [5.41, 5.74) is 7.89. The standard InChI is InChI=1S/C14H21NO/c1-10(13(15)16)9-11-5-7-12(8-6-11)14(2,3)4/h5-8,10H,9H2,1-4H3,(H2,15,16). The number of nitrogens with two attached hydrogens (primary N) is 1. The van der Waals surface area contributed by atoms with E-state index in [0.29, 0.717) is 0 Å². The van der Waals surface area contributed by atoms with Crippen LogP contribution in [0.15, 0.2) is 24.3 Å². The minimum atomic E-state index is -0.236. The molecule has 0 aliphatic carbocycles. The normalized spacial score (nSPS) is 13.5. The van der Waals surface area contributed by atoms with Gasteiger partial charge in [0.05, 0.1) is 0 Å². The van der Waals surface area contributed by atoms with E-state index in [4.69, 9.17) is 5.73 Å². The van der Waals surface area contributed by atoms with Crippen molar-refractivity contribution in [3.63, 3.8) is 0 Å². The summed E-state index contributed by atoms with van der Waals surface area (Å²) in [5, 5.41) is 0. The van der Waals surface area contributed by atoms with Gasteiger partial charge in [-0.05, 0) is 23.0 Å². The smallest absolute Gasteiger partial charge is 0.220 e. The van der Waals surface area contributed by atoms with Gasteiger partial charge in [-0.1, -0.05) is 52.0 Å². The molecule has 1 amide bonds. The topological polar surface area (TPSA) is 43.1 Å². The predicted molar refractivity (Wildman–Crippen MR) is 67.2 cm³/mol. The summed E-state index contributed by atoms with van der Waals surface area (Å²) in [7, 11) is 0.